The average Bonchev–Trinajstić information content (AvgIpc) is 3.14. The first-order valence-electron chi connectivity index (χ1n) is 10.6. The number of nitrogens with one attached hydrogen (secondary N) is 1. The van der Waals surface area contributed by atoms with Gasteiger partial charge in [-0.1, -0.05) is 0 Å². The minimum Gasteiger partial charge on any atom is -0.385 e. The monoisotopic (exact) mass is 454 g/mol. The minimum absolute atomic E-state index is 0.147. The van der Waals surface area contributed by atoms with E-state index in [1.54, 1.807) is 31.3 Å². The molecule has 7 nitrogen and oxygen atoms in total. The van der Waals surface area contributed by atoms with E-state index >= 15 is 0 Å². The van der Waals surface area contributed by atoms with Crippen molar-refractivity contribution in [2.45, 2.75) is 19.0 Å². The van der Waals surface area contributed by atoms with E-state index in [-0.39, 0.29) is 22.9 Å². The lowest BCUT2D eigenvalue weighted by molar-refractivity contribution is -0.137. The molecule has 32 heavy (non-hydrogen) atoms. The molecule has 0 saturated carbocycles. The number of alkyl halides is 3. The Hall–Kier alpha value is -2.51. The topological polar surface area (TPSA) is 77.8 Å². The number of hydrogen-bond acceptors (Lipinski definition) is 5. The molecule has 2 saturated heterocycles. The molecule has 0 bridgehead atoms. The number of nitriles is 1. The van der Waals surface area contributed by atoms with E-state index in [2.05, 4.69) is 5.32 Å². The number of rotatable bonds is 7. The van der Waals surface area contributed by atoms with Crippen LogP contribution in [0.4, 0.5) is 23.7 Å². The van der Waals surface area contributed by atoms with Gasteiger partial charge < -0.3 is 24.6 Å². The lowest BCUT2D eigenvalue weighted by Crippen LogP contribution is -2.55. The van der Waals surface area contributed by atoms with Gasteiger partial charge >= 0.3 is 12.2 Å². The maximum atomic E-state index is 13.4. The molecule has 2 amide bonds. The van der Waals surface area contributed by atoms with Crippen LogP contribution in [0.1, 0.15) is 24.0 Å². The van der Waals surface area contributed by atoms with Crippen LogP contribution in [0, 0.1) is 22.7 Å². The fourth-order valence-electron chi connectivity index (χ4n) is 4.83. The highest BCUT2D eigenvalue weighted by Gasteiger charge is 2.51. The van der Waals surface area contributed by atoms with Crippen LogP contribution in [0.2, 0.25) is 0 Å². The zero-order chi connectivity index (χ0) is 23.4. The number of carbonyl (C=O) groups is 1. The van der Waals surface area contributed by atoms with E-state index in [0.29, 0.717) is 51.6 Å². The Labute approximate surface area is 186 Å². The number of ether oxygens (including phenoxy) is 2. The van der Waals surface area contributed by atoms with Crippen molar-refractivity contribution in [2.75, 3.05) is 65.1 Å². The summed E-state index contributed by atoms with van der Waals surface area (Å²) in [4.78, 5) is 16.3. The highest BCUT2D eigenvalue weighted by Crippen LogP contribution is 2.45. The van der Waals surface area contributed by atoms with E-state index in [1.165, 1.54) is 6.07 Å². The van der Waals surface area contributed by atoms with Crippen LogP contribution in [0.5, 0.6) is 0 Å². The van der Waals surface area contributed by atoms with Crippen LogP contribution in [-0.4, -0.2) is 71.1 Å². The number of benzene rings is 1. The van der Waals surface area contributed by atoms with Crippen LogP contribution >= 0.6 is 0 Å². The minimum atomic E-state index is -4.60. The van der Waals surface area contributed by atoms with Crippen LogP contribution in [-0.2, 0) is 15.7 Å². The van der Waals surface area contributed by atoms with Gasteiger partial charge in [0.1, 0.15) is 0 Å². The summed E-state index contributed by atoms with van der Waals surface area (Å²) in [5, 5.41) is 12.0. The van der Waals surface area contributed by atoms with Crippen molar-refractivity contribution in [3.8, 4) is 6.07 Å². The Bertz CT molecular complexity index is 858. The summed E-state index contributed by atoms with van der Waals surface area (Å²) < 4.78 is 50.8. The first kappa shape index (κ1) is 24.1. The van der Waals surface area contributed by atoms with E-state index in [4.69, 9.17) is 14.7 Å². The normalized spacial score (nSPS) is 23.1. The summed E-state index contributed by atoms with van der Waals surface area (Å²) in [6.45, 7) is 3.60. The Balaban J connectivity index is 1.77. The molecule has 10 heteroatoms. The van der Waals surface area contributed by atoms with Crippen LogP contribution in [0.3, 0.4) is 0 Å². The summed E-state index contributed by atoms with van der Waals surface area (Å²) in [7, 11) is 3.21. The highest BCUT2D eigenvalue weighted by molar-refractivity contribution is 5.74. The van der Waals surface area contributed by atoms with Gasteiger partial charge in [-0.2, -0.15) is 18.4 Å². The van der Waals surface area contributed by atoms with Gasteiger partial charge in [-0.05, 0) is 37.0 Å². The maximum Gasteiger partial charge on any atom is 0.417 e. The first-order chi connectivity index (χ1) is 15.2. The van der Waals surface area contributed by atoms with Crippen LogP contribution in [0.15, 0.2) is 18.2 Å². The first-order valence-corrected chi connectivity index (χ1v) is 10.6. The summed E-state index contributed by atoms with van der Waals surface area (Å²) in [5.41, 5.74) is -1.26. The lowest BCUT2D eigenvalue weighted by atomic mass is 9.74. The standard InChI is InChI=1S/C22H29F3N4O3/c1-31-9-3-7-27-20(30)28-8-6-17-12-29(14-21(17,13-28)15-32-2)18-5-4-16(11-26)19(10-18)22(23,24)25/h4-5,10,17H,3,6-9,12-15H2,1-2H3,(H,27,30)/t17-,21+/m1/s1. The fourth-order valence-corrected chi connectivity index (χ4v) is 4.83. The van der Waals surface area contributed by atoms with Gasteiger partial charge in [-0.15, -0.1) is 0 Å². The van der Waals surface area contributed by atoms with E-state index in [1.807, 2.05) is 4.90 Å². The molecular formula is C22H29F3N4O3. The predicted octanol–water partition coefficient (Wildman–Crippen LogP) is 3.10. The number of piperidine rings is 1. The van der Waals surface area contributed by atoms with E-state index < -0.39 is 11.7 Å². The summed E-state index contributed by atoms with van der Waals surface area (Å²) in [6, 6.07) is 5.31. The molecule has 176 valence electrons. The molecule has 2 atom stereocenters. The number of hydrogen-bond donors (Lipinski definition) is 1. The van der Waals surface area contributed by atoms with Crippen molar-refractivity contribution in [2.24, 2.45) is 11.3 Å². The van der Waals surface area contributed by atoms with Crippen molar-refractivity contribution >= 4 is 11.7 Å². The molecule has 2 fully saturated rings. The van der Waals surface area contributed by atoms with E-state index in [9.17, 15) is 18.0 Å². The number of methoxy groups -OCH3 is 2. The number of amides is 2. The van der Waals surface area contributed by atoms with Crippen LogP contribution < -0.4 is 10.2 Å². The molecule has 0 aromatic heterocycles. The molecule has 0 unspecified atom stereocenters. The van der Waals surface area contributed by atoms with Crippen molar-refractivity contribution < 1.29 is 27.4 Å². The summed E-state index contributed by atoms with van der Waals surface area (Å²) in [5.74, 6) is 0.185. The van der Waals surface area contributed by atoms with Crippen LogP contribution in [0.25, 0.3) is 0 Å². The second-order valence-electron chi connectivity index (χ2n) is 8.50. The molecule has 2 heterocycles. The smallest absolute Gasteiger partial charge is 0.385 e. The maximum absolute atomic E-state index is 13.4. The molecule has 1 N–H and O–H groups in total. The lowest BCUT2D eigenvalue weighted by Gasteiger charge is -2.43. The SMILES string of the molecule is COCCCNC(=O)N1CC[C@@H]2CN(c3ccc(C#N)c(C(F)(F)F)c3)C[C@]2(COC)C1. The van der Waals surface area contributed by atoms with E-state index in [0.717, 1.165) is 18.9 Å². The number of fused-ring (bicyclic) bond motifs is 1. The molecule has 0 spiro atoms. The number of anilines is 1. The molecule has 0 radical (unpaired) electrons. The van der Waals surface area contributed by atoms with Crippen molar-refractivity contribution in [1.82, 2.24) is 10.2 Å². The summed E-state index contributed by atoms with van der Waals surface area (Å²) in [6.07, 6.45) is -3.14. The quantitative estimate of drug-likeness (QED) is 0.641. The van der Waals surface area contributed by atoms with Crippen molar-refractivity contribution in [3.63, 3.8) is 0 Å². The molecular weight excluding hydrogens is 425 g/mol. The van der Waals surface area contributed by atoms with Crippen molar-refractivity contribution in [1.29, 1.82) is 5.26 Å². The summed E-state index contributed by atoms with van der Waals surface area (Å²) >= 11 is 0. The van der Waals surface area contributed by atoms with Gasteiger partial charge in [-0.3, -0.25) is 0 Å². The fraction of sp³-hybridized carbons (Fsp3) is 0.636. The van der Waals surface area contributed by atoms with Gasteiger partial charge in [-0.25, -0.2) is 4.79 Å². The molecule has 2 aliphatic heterocycles. The number of urea groups is 1. The van der Waals surface area contributed by atoms with Gasteiger partial charge in [0.05, 0.1) is 23.8 Å². The number of halogens is 3. The Kier molecular flexibility index (Phi) is 7.51. The zero-order valence-electron chi connectivity index (χ0n) is 18.4. The Morgan fingerprint density at radius 2 is 2.09 bits per heavy atom. The molecule has 1 aromatic carbocycles. The third-order valence-corrected chi connectivity index (χ3v) is 6.38. The average molecular weight is 454 g/mol. The number of likely N-dealkylation sites (tertiary alicyclic amines) is 1. The Morgan fingerprint density at radius 3 is 2.75 bits per heavy atom. The highest BCUT2D eigenvalue weighted by atomic mass is 19.4. The largest absolute Gasteiger partial charge is 0.417 e. The number of carbonyl (C=O) groups excluding carboxylic acids is 1. The zero-order valence-corrected chi connectivity index (χ0v) is 18.4. The third kappa shape index (κ3) is 5.10. The Morgan fingerprint density at radius 1 is 1.31 bits per heavy atom. The van der Waals surface area contributed by atoms with Crippen molar-refractivity contribution in [3.05, 3.63) is 29.3 Å². The van der Waals surface area contributed by atoms with Gasteiger partial charge in [0.2, 0.25) is 0 Å². The predicted molar refractivity (Wildman–Crippen MR) is 112 cm³/mol. The van der Waals surface area contributed by atoms with Gasteiger partial charge in [0, 0.05) is 64.7 Å². The second kappa shape index (κ2) is 9.96. The number of nitrogens with zero attached hydrogens (tertiary/aromatic N) is 3. The van der Waals surface area contributed by atoms with Gasteiger partial charge in [0.25, 0.3) is 0 Å². The van der Waals surface area contributed by atoms with Gasteiger partial charge in [0.15, 0.2) is 0 Å². The molecule has 1 aromatic rings. The third-order valence-electron chi connectivity index (χ3n) is 6.38. The second-order valence-corrected chi connectivity index (χ2v) is 8.50. The molecule has 0 aliphatic carbocycles. The molecule has 3 rings (SSSR count). The molecule has 2 aliphatic rings.